The average molecular weight is 547 g/mol. The molecule has 0 aliphatic heterocycles. The Morgan fingerprint density at radius 3 is 2.15 bits per heavy atom. The summed E-state index contributed by atoms with van der Waals surface area (Å²) in [5.41, 5.74) is 1.10. The number of carbonyl (C=O) groups is 2. The van der Waals surface area contributed by atoms with Crippen LogP contribution in [-0.2, 0) is 26.0 Å². The summed E-state index contributed by atoms with van der Waals surface area (Å²) in [6.07, 6.45) is 0.138. The first kappa shape index (κ1) is 27.2. The lowest BCUT2D eigenvalue weighted by atomic mass is 10.1. The fourth-order valence-electron chi connectivity index (χ4n) is 3.69. The van der Waals surface area contributed by atoms with Crippen molar-refractivity contribution >= 4 is 27.6 Å². The number of hydrogen-bond donors (Lipinski definition) is 3. The molecule has 0 unspecified atom stereocenters. The number of esters is 1. The van der Waals surface area contributed by atoms with Gasteiger partial charge < -0.3 is 19.9 Å². The van der Waals surface area contributed by atoms with Gasteiger partial charge in [-0.2, -0.15) is 0 Å². The van der Waals surface area contributed by atoms with E-state index in [1.54, 1.807) is 60.7 Å². The number of anilines is 1. The Bertz CT molecular complexity index is 1540. The van der Waals surface area contributed by atoms with Crippen molar-refractivity contribution in [1.29, 1.82) is 0 Å². The molecule has 0 fully saturated rings. The minimum atomic E-state index is -4.01. The summed E-state index contributed by atoms with van der Waals surface area (Å²) >= 11 is 0. The van der Waals surface area contributed by atoms with Gasteiger partial charge in [0.1, 0.15) is 17.5 Å². The van der Waals surface area contributed by atoms with Gasteiger partial charge in [-0.3, -0.25) is 9.52 Å². The predicted molar refractivity (Wildman–Crippen MR) is 145 cm³/mol. The van der Waals surface area contributed by atoms with Crippen molar-refractivity contribution in [2.24, 2.45) is 0 Å². The van der Waals surface area contributed by atoms with E-state index in [0.29, 0.717) is 17.1 Å². The fourth-order valence-corrected chi connectivity index (χ4v) is 4.76. The van der Waals surface area contributed by atoms with Crippen LogP contribution in [0.15, 0.2) is 108 Å². The Labute approximate surface area is 226 Å². The molecule has 4 rings (SSSR count). The molecule has 39 heavy (non-hydrogen) atoms. The van der Waals surface area contributed by atoms with Crippen LogP contribution in [0.25, 0.3) is 0 Å². The second-order valence-electron chi connectivity index (χ2n) is 8.46. The van der Waals surface area contributed by atoms with E-state index in [9.17, 15) is 23.1 Å². The zero-order valence-corrected chi connectivity index (χ0v) is 21.7. The lowest BCUT2D eigenvalue weighted by molar-refractivity contribution is -0.142. The lowest BCUT2D eigenvalue weighted by Gasteiger charge is -2.17. The number of phenols is 1. The highest BCUT2D eigenvalue weighted by molar-refractivity contribution is 7.92. The summed E-state index contributed by atoms with van der Waals surface area (Å²) in [4.78, 5) is 25.1. The largest absolute Gasteiger partial charge is 0.508 e. The quantitative estimate of drug-likeness (QED) is 0.250. The second kappa shape index (κ2) is 12.1. The number of phenolic OH excluding ortho intramolecular Hbond substituents is 1. The van der Waals surface area contributed by atoms with Crippen LogP contribution in [0.4, 0.5) is 5.69 Å². The van der Waals surface area contributed by atoms with Gasteiger partial charge in [0, 0.05) is 12.0 Å². The summed E-state index contributed by atoms with van der Waals surface area (Å²) in [6, 6.07) is 26.1. The van der Waals surface area contributed by atoms with Gasteiger partial charge in [0.15, 0.2) is 5.75 Å². The van der Waals surface area contributed by atoms with Gasteiger partial charge in [-0.1, -0.05) is 42.5 Å². The molecule has 4 aromatic carbocycles. The molecule has 0 spiro atoms. The van der Waals surface area contributed by atoms with Gasteiger partial charge in [0.25, 0.3) is 15.9 Å². The molecule has 1 atom stereocenters. The smallest absolute Gasteiger partial charge is 0.328 e. The highest BCUT2D eigenvalue weighted by Gasteiger charge is 2.23. The average Bonchev–Trinajstić information content (AvgIpc) is 2.95. The molecular formula is C29H26N2O7S. The maximum absolute atomic E-state index is 13.1. The van der Waals surface area contributed by atoms with Crippen molar-refractivity contribution in [1.82, 2.24) is 5.32 Å². The monoisotopic (exact) mass is 546 g/mol. The van der Waals surface area contributed by atoms with Crippen molar-refractivity contribution < 1.29 is 32.6 Å². The third-order valence-corrected chi connectivity index (χ3v) is 7.08. The third-order valence-electron chi connectivity index (χ3n) is 5.70. The highest BCUT2D eigenvalue weighted by atomic mass is 32.2. The molecule has 1 amide bonds. The summed E-state index contributed by atoms with van der Waals surface area (Å²) in [5, 5.41) is 12.1. The van der Waals surface area contributed by atoms with E-state index in [1.807, 2.05) is 6.07 Å². The number of hydrogen-bond acceptors (Lipinski definition) is 7. The normalized spacial score (nSPS) is 11.7. The van der Waals surface area contributed by atoms with Gasteiger partial charge in [0.2, 0.25) is 0 Å². The molecule has 10 heteroatoms. The first-order chi connectivity index (χ1) is 18.7. The van der Waals surface area contributed by atoms with Crippen LogP contribution >= 0.6 is 0 Å². The van der Waals surface area contributed by atoms with Crippen molar-refractivity contribution in [3.63, 3.8) is 0 Å². The maximum Gasteiger partial charge on any atom is 0.328 e. The van der Waals surface area contributed by atoms with Crippen LogP contribution in [0.2, 0.25) is 0 Å². The van der Waals surface area contributed by atoms with Crippen molar-refractivity contribution in [3.8, 4) is 17.2 Å². The Morgan fingerprint density at radius 1 is 0.846 bits per heavy atom. The van der Waals surface area contributed by atoms with Gasteiger partial charge >= 0.3 is 5.97 Å². The summed E-state index contributed by atoms with van der Waals surface area (Å²) in [6.45, 7) is 0. The number of nitrogens with one attached hydrogen (secondary N) is 2. The number of methoxy groups -OCH3 is 1. The number of carbonyl (C=O) groups excluding carboxylic acids is 2. The van der Waals surface area contributed by atoms with E-state index in [4.69, 9.17) is 9.47 Å². The number of benzene rings is 4. The van der Waals surface area contributed by atoms with Gasteiger partial charge in [-0.15, -0.1) is 0 Å². The number of para-hydroxylation sites is 3. The summed E-state index contributed by atoms with van der Waals surface area (Å²) in [5.74, 6) is -0.269. The van der Waals surface area contributed by atoms with Crippen LogP contribution in [0.3, 0.4) is 0 Å². The summed E-state index contributed by atoms with van der Waals surface area (Å²) < 4.78 is 39.3. The van der Waals surface area contributed by atoms with Crippen LogP contribution in [0.5, 0.6) is 17.2 Å². The topological polar surface area (TPSA) is 131 Å². The van der Waals surface area contributed by atoms with Crippen molar-refractivity contribution in [2.45, 2.75) is 17.4 Å². The molecule has 0 saturated carbocycles. The number of rotatable bonds is 10. The first-order valence-electron chi connectivity index (χ1n) is 11.9. The minimum absolute atomic E-state index is 0.0674. The number of aromatic hydroxyl groups is 1. The Morgan fingerprint density at radius 2 is 1.49 bits per heavy atom. The second-order valence-corrected chi connectivity index (χ2v) is 10.1. The molecule has 0 aromatic heterocycles. The highest BCUT2D eigenvalue weighted by Crippen LogP contribution is 2.31. The Kier molecular flexibility index (Phi) is 8.47. The molecule has 0 radical (unpaired) electrons. The van der Waals surface area contributed by atoms with E-state index < -0.39 is 27.9 Å². The third kappa shape index (κ3) is 7.14. The van der Waals surface area contributed by atoms with E-state index in [1.165, 1.54) is 43.5 Å². The summed E-state index contributed by atoms with van der Waals surface area (Å²) in [7, 11) is -2.80. The Hall–Kier alpha value is -4.83. The Balaban J connectivity index is 1.46. The molecule has 9 nitrogen and oxygen atoms in total. The molecule has 0 heterocycles. The lowest BCUT2D eigenvalue weighted by Crippen LogP contribution is -2.43. The molecular weight excluding hydrogens is 520 g/mol. The molecule has 0 saturated heterocycles. The van der Waals surface area contributed by atoms with E-state index >= 15 is 0 Å². The van der Waals surface area contributed by atoms with Gasteiger partial charge in [-0.25, -0.2) is 13.2 Å². The van der Waals surface area contributed by atoms with E-state index in [0.717, 1.165) is 0 Å². The fraction of sp³-hybridized carbons (Fsp3) is 0.103. The van der Waals surface area contributed by atoms with Crippen LogP contribution < -0.4 is 14.8 Å². The maximum atomic E-state index is 13.1. The molecule has 4 aromatic rings. The minimum Gasteiger partial charge on any atom is -0.508 e. The molecule has 200 valence electrons. The van der Waals surface area contributed by atoms with E-state index in [-0.39, 0.29) is 28.3 Å². The van der Waals surface area contributed by atoms with Gasteiger partial charge in [-0.05, 0) is 66.2 Å². The number of sulfonamides is 1. The van der Waals surface area contributed by atoms with Crippen molar-refractivity contribution in [3.05, 3.63) is 114 Å². The predicted octanol–water partition coefficient (Wildman–Crippen LogP) is 4.50. The zero-order valence-electron chi connectivity index (χ0n) is 20.9. The first-order valence-corrected chi connectivity index (χ1v) is 13.3. The van der Waals surface area contributed by atoms with Crippen LogP contribution in [0.1, 0.15) is 15.9 Å². The SMILES string of the molecule is COC(=O)[C@H](Cc1ccc(O)cc1)NC(=O)c1ccc(S(=O)(=O)Nc2ccccc2Oc2ccccc2)cc1. The molecule has 0 aliphatic rings. The van der Waals surface area contributed by atoms with Crippen LogP contribution in [-0.4, -0.2) is 38.6 Å². The standard InChI is InChI=1S/C29H26N2O7S/c1-37-29(34)26(19-20-11-15-22(32)16-12-20)30-28(33)21-13-17-24(18-14-21)39(35,36)31-25-9-5-6-10-27(25)38-23-7-3-2-4-8-23/h2-18,26,31-32H,19H2,1H3,(H,30,33)/t26-/m0/s1. The van der Waals surface area contributed by atoms with Crippen LogP contribution in [0, 0.1) is 0 Å². The number of amides is 1. The molecule has 0 bridgehead atoms. The molecule has 3 N–H and O–H groups in total. The molecule has 0 aliphatic carbocycles. The number of ether oxygens (including phenoxy) is 2. The zero-order chi connectivity index (χ0) is 27.8. The van der Waals surface area contributed by atoms with E-state index in [2.05, 4.69) is 10.0 Å². The van der Waals surface area contributed by atoms with Crippen molar-refractivity contribution in [2.75, 3.05) is 11.8 Å². The van der Waals surface area contributed by atoms with Gasteiger partial charge in [0.05, 0.1) is 17.7 Å².